The normalized spacial score (nSPS) is 14.4. The molecule has 0 radical (unpaired) electrons. The summed E-state index contributed by atoms with van der Waals surface area (Å²) in [6, 6.07) is 0. The lowest BCUT2D eigenvalue weighted by Crippen LogP contribution is -2.23. The molecule has 0 fully saturated rings. The molecule has 0 saturated heterocycles. The molecule has 1 rings (SSSR count). The lowest BCUT2D eigenvalue weighted by molar-refractivity contribution is -0.141. The number of aliphatic carboxylic acids is 1. The predicted octanol–water partition coefficient (Wildman–Crippen LogP) is -0.419. The van der Waals surface area contributed by atoms with Gasteiger partial charge in [0.1, 0.15) is 17.6 Å². The Bertz CT molecular complexity index is 401. The van der Waals surface area contributed by atoms with Crippen molar-refractivity contribution in [2.24, 2.45) is 0 Å². The van der Waals surface area contributed by atoms with E-state index in [0.29, 0.717) is 0 Å². The number of carboxylic acids is 1. The highest BCUT2D eigenvalue weighted by Crippen LogP contribution is 2.23. The first-order chi connectivity index (χ1) is 7.41. The van der Waals surface area contributed by atoms with Crippen LogP contribution in [0.5, 0.6) is 0 Å². The summed E-state index contributed by atoms with van der Waals surface area (Å²) in [5.41, 5.74) is 5.18. The monoisotopic (exact) mass is 247 g/mol. The molecule has 0 saturated carbocycles. The second-order valence-electron chi connectivity index (χ2n) is 3.08. The third-order valence-electron chi connectivity index (χ3n) is 1.80. The summed E-state index contributed by atoms with van der Waals surface area (Å²) < 4.78 is 0. The van der Waals surface area contributed by atoms with Gasteiger partial charge in [-0.1, -0.05) is 11.6 Å². The number of hydrogen-bond donors (Lipinski definition) is 4. The molecule has 0 aliphatic carbocycles. The van der Waals surface area contributed by atoms with E-state index in [9.17, 15) is 15.0 Å². The van der Waals surface area contributed by atoms with Crippen molar-refractivity contribution in [1.29, 1.82) is 0 Å². The first-order valence-electron chi connectivity index (χ1n) is 4.27. The summed E-state index contributed by atoms with van der Waals surface area (Å²) in [5, 5.41) is 27.2. The SMILES string of the molecule is Nc1cnc(C(O)C(O)CC(=O)O)c(Cl)n1. The van der Waals surface area contributed by atoms with Gasteiger partial charge in [0.25, 0.3) is 0 Å². The van der Waals surface area contributed by atoms with E-state index >= 15 is 0 Å². The van der Waals surface area contributed by atoms with Crippen molar-refractivity contribution < 1.29 is 20.1 Å². The molecule has 0 aliphatic heterocycles. The third-order valence-corrected chi connectivity index (χ3v) is 2.08. The number of nitrogens with zero attached hydrogens (tertiary/aromatic N) is 2. The van der Waals surface area contributed by atoms with E-state index in [1.807, 2.05) is 0 Å². The molecule has 0 bridgehead atoms. The average Bonchev–Trinajstić information content (AvgIpc) is 2.15. The molecule has 16 heavy (non-hydrogen) atoms. The van der Waals surface area contributed by atoms with Gasteiger partial charge in [-0.2, -0.15) is 0 Å². The van der Waals surface area contributed by atoms with Crippen molar-refractivity contribution >= 4 is 23.4 Å². The Labute approximate surface area is 95.5 Å². The number of aliphatic hydroxyl groups excluding tert-OH is 2. The molecule has 2 atom stereocenters. The molecule has 88 valence electrons. The van der Waals surface area contributed by atoms with Gasteiger partial charge in [0, 0.05) is 0 Å². The lowest BCUT2D eigenvalue weighted by Gasteiger charge is -2.16. The van der Waals surface area contributed by atoms with Gasteiger partial charge < -0.3 is 21.1 Å². The van der Waals surface area contributed by atoms with Crippen LogP contribution in [0.15, 0.2) is 6.20 Å². The Hall–Kier alpha value is -1.44. The molecule has 2 unspecified atom stereocenters. The van der Waals surface area contributed by atoms with E-state index < -0.39 is 24.6 Å². The third kappa shape index (κ3) is 3.02. The van der Waals surface area contributed by atoms with Crippen molar-refractivity contribution in [3.8, 4) is 0 Å². The first-order valence-corrected chi connectivity index (χ1v) is 4.65. The minimum absolute atomic E-state index is 0.0636. The highest BCUT2D eigenvalue weighted by Gasteiger charge is 2.25. The van der Waals surface area contributed by atoms with Crippen LogP contribution in [0.4, 0.5) is 5.82 Å². The van der Waals surface area contributed by atoms with Crippen molar-refractivity contribution in [3.63, 3.8) is 0 Å². The van der Waals surface area contributed by atoms with Gasteiger partial charge in [-0.15, -0.1) is 0 Å². The minimum atomic E-state index is -1.52. The smallest absolute Gasteiger partial charge is 0.306 e. The van der Waals surface area contributed by atoms with Gasteiger partial charge in [-0.3, -0.25) is 9.78 Å². The van der Waals surface area contributed by atoms with Gasteiger partial charge in [0.15, 0.2) is 5.15 Å². The van der Waals surface area contributed by atoms with Crippen LogP contribution < -0.4 is 5.73 Å². The van der Waals surface area contributed by atoms with E-state index in [1.165, 1.54) is 0 Å². The zero-order valence-corrected chi connectivity index (χ0v) is 8.79. The molecule has 1 aromatic rings. The van der Waals surface area contributed by atoms with Crippen LogP contribution in [0.3, 0.4) is 0 Å². The molecule has 8 heteroatoms. The number of rotatable bonds is 4. The van der Waals surface area contributed by atoms with Crippen molar-refractivity contribution in [2.75, 3.05) is 5.73 Å². The standard InChI is InChI=1S/C8H10ClN3O4/c9-8-6(11-2-4(10)12-8)7(16)3(13)1-5(14)15/h2-3,7,13,16H,1H2,(H2,10,12)(H,14,15). The quantitative estimate of drug-likeness (QED) is 0.568. The zero-order chi connectivity index (χ0) is 12.3. The Balaban J connectivity index is 2.87. The highest BCUT2D eigenvalue weighted by molar-refractivity contribution is 6.30. The molecule has 0 amide bonds. The second-order valence-corrected chi connectivity index (χ2v) is 3.44. The fourth-order valence-electron chi connectivity index (χ4n) is 1.06. The molecule has 0 aliphatic rings. The molecule has 0 aromatic carbocycles. The van der Waals surface area contributed by atoms with Crippen molar-refractivity contribution in [3.05, 3.63) is 17.0 Å². The maximum Gasteiger partial charge on any atom is 0.306 e. The molecule has 0 spiro atoms. The molecule has 1 aromatic heterocycles. The van der Waals surface area contributed by atoms with Crippen LogP contribution in [-0.4, -0.2) is 37.4 Å². The summed E-state index contributed by atoms with van der Waals surface area (Å²) in [5.74, 6) is -1.18. The summed E-state index contributed by atoms with van der Waals surface area (Å²) in [6.45, 7) is 0. The number of carboxylic acid groups (broad SMARTS) is 1. The number of carbonyl (C=O) groups is 1. The number of aromatic nitrogens is 2. The van der Waals surface area contributed by atoms with Crippen LogP contribution in [0.2, 0.25) is 5.15 Å². The Morgan fingerprint density at radius 2 is 2.19 bits per heavy atom. The molecular formula is C8H10ClN3O4. The first kappa shape index (κ1) is 12.6. The lowest BCUT2D eigenvalue weighted by atomic mass is 10.1. The second kappa shape index (κ2) is 5.06. The van der Waals surface area contributed by atoms with Crippen LogP contribution in [-0.2, 0) is 4.79 Å². The van der Waals surface area contributed by atoms with E-state index in [-0.39, 0.29) is 16.7 Å². The van der Waals surface area contributed by atoms with Crippen LogP contribution in [0.25, 0.3) is 0 Å². The van der Waals surface area contributed by atoms with Crippen molar-refractivity contribution in [2.45, 2.75) is 18.6 Å². The number of anilines is 1. The van der Waals surface area contributed by atoms with Gasteiger partial charge >= 0.3 is 5.97 Å². The van der Waals surface area contributed by atoms with E-state index in [4.69, 9.17) is 22.4 Å². The molecule has 5 N–H and O–H groups in total. The Morgan fingerprint density at radius 3 is 2.69 bits per heavy atom. The van der Waals surface area contributed by atoms with E-state index in [0.717, 1.165) is 6.20 Å². The van der Waals surface area contributed by atoms with Gasteiger partial charge in [-0.25, -0.2) is 4.98 Å². The van der Waals surface area contributed by atoms with Crippen LogP contribution in [0.1, 0.15) is 18.2 Å². The fraction of sp³-hybridized carbons (Fsp3) is 0.375. The summed E-state index contributed by atoms with van der Waals surface area (Å²) in [6.07, 6.45) is -2.49. The largest absolute Gasteiger partial charge is 0.481 e. The van der Waals surface area contributed by atoms with Crippen LogP contribution in [0, 0.1) is 0 Å². The number of nitrogen functional groups attached to an aromatic ring is 1. The number of nitrogens with two attached hydrogens (primary N) is 1. The predicted molar refractivity (Wildman–Crippen MR) is 54.7 cm³/mol. The van der Waals surface area contributed by atoms with Crippen LogP contribution >= 0.6 is 11.6 Å². The fourth-order valence-corrected chi connectivity index (χ4v) is 1.32. The number of halogens is 1. The van der Waals surface area contributed by atoms with Gasteiger partial charge in [0.05, 0.1) is 18.7 Å². The zero-order valence-electron chi connectivity index (χ0n) is 8.04. The summed E-state index contributed by atoms with van der Waals surface area (Å²) in [7, 11) is 0. The number of hydrogen-bond acceptors (Lipinski definition) is 6. The topological polar surface area (TPSA) is 130 Å². The summed E-state index contributed by atoms with van der Waals surface area (Å²) >= 11 is 5.63. The van der Waals surface area contributed by atoms with Gasteiger partial charge in [0.2, 0.25) is 0 Å². The summed E-state index contributed by atoms with van der Waals surface area (Å²) in [4.78, 5) is 17.6. The molecular weight excluding hydrogens is 238 g/mol. The van der Waals surface area contributed by atoms with E-state index in [1.54, 1.807) is 0 Å². The maximum atomic E-state index is 10.3. The Kier molecular flexibility index (Phi) is 3.99. The Morgan fingerprint density at radius 1 is 1.56 bits per heavy atom. The number of aliphatic hydroxyl groups is 2. The molecule has 7 nitrogen and oxygen atoms in total. The minimum Gasteiger partial charge on any atom is -0.481 e. The van der Waals surface area contributed by atoms with Gasteiger partial charge in [-0.05, 0) is 0 Å². The van der Waals surface area contributed by atoms with E-state index in [2.05, 4.69) is 9.97 Å². The van der Waals surface area contributed by atoms with Crippen molar-refractivity contribution in [1.82, 2.24) is 9.97 Å². The average molecular weight is 248 g/mol. The maximum absolute atomic E-state index is 10.3. The molecule has 1 heterocycles. The highest BCUT2D eigenvalue weighted by atomic mass is 35.5.